The molecule has 0 bridgehead atoms. The Kier molecular flexibility index (Phi) is 6.68. The summed E-state index contributed by atoms with van der Waals surface area (Å²) in [5, 5.41) is 25.9. The maximum Gasteiger partial charge on any atom is 0.0992 e. The van der Waals surface area contributed by atoms with E-state index in [0.29, 0.717) is 18.5 Å². The zero-order chi connectivity index (χ0) is 31.0. The monoisotopic (exact) mass is 586 g/mol. The highest BCUT2D eigenvalue weighted by Crippen LogP contribution is 2.45. The number of pyridine rings is 1. The van der Waals surface area contributed by atoms with Crippen LogP contribution < -0.4 is 0 Å². The van der Waals surface area contributed by atoms with Gasteiger partial charge in [-0.3, -0.25) is 9.98 Å². The number of allylic oxidation sites excluding steroid dienone is 1. The molecular formula is C42H26N4. The Morgan fingerprint density at radius 3 is 1.70 bits per heavy atom. The van der Waals surface area contributed by atoms with Crippen LogP contribution in [0.15, 0.2) is 144 Å². The molecule has 1 aliphatic heterocycles. The summed E-state index contributed by atoms with van der Waals surface area (Å²) in [6.07, 6.45) is 4.29. The highest BCUT2D eigenvalue weighted by atomic mass is 14.7. The molecule has 0 atom stereocenters. The molecule has 0 amide bonds. The first-order valence-electron chi connectivity index (χ1n) is 15.3. The maximum atomic E-state index is 9.43. The van der Waals surface area contributed by atoms with Crippen molar-refractivity contribution < 1.29 is 0 Å². The molecule has 0 unspecified atom stereocenters. The van der Waals surface area contributed by atoms with E-state index < -0.39 is 0 Å². The first-order chi connectivity index (χ1) is 22.7. The van der Waals surface area contributed by atoms with Crippen LogP contribution in [0, 0.1) is 22.7 Å². The predicted octanol–water partition coefficient (Wildman–Crippen LogP) is 10.1. The molecule has 0 aliphatic carbocycles. The summed E-state index contributed by atoms with van der Waals surface area (Å²) >= 11 is 0. The maximum absolute atomic E-state index is 9.43. The summed E-state index contributed by atoms with van der Waals surface area (Å²) in [5.74, 6) is 0. The number of nitrogens with zero attached hydrogens (tertiary/aromatic N) is 4. The van der Waals surface area contributed by atoms with E-state index in [0.717, 1.165) is 39.2 Å². The Morgan fingerprint density at radius 1 is 0.543 bits per heavy atom. The van der Waals surface area contributed by atoms with Crippen molar-refractivity contribution in [3.8, 4) is 45.6 Å². The van der Waals surface area contributed by atoms with Crippen LogP contribution in [-0.2, 0) is 0 Å². The molecule has 1 aliphatic rings. The minimum atomic E-state index is 0.594. The number of rotatable bonds is 4. The van der Waals surface area contributed by atoms with Crippen LogP contribution in [0.2, 0.25) is 0 Å². The van der Waals surface area contributed by atoms with Crippen molar-refractivity contribution in [3.05, 3.63) is 150 Å². The molecule has 4 heteroatoms. The molecule has 0 spiro atoms. The number of aromatic nitrogens is 1. The summed E-state index contributed by atoms with van der Waals surface area (Å²) in [7, 11) is 0. The third-order valence-electron chi connectivity index (χ3n) is 8.84. The van der Waals surface area contributed by atoms with E-state index in [1.165, 1.54) is 43.4 Å². The second-order valence-electron chi connectivity index (χ2n) is 11.5. The van der Waals surface area contributed by atoms with Crippen LogP contribution in [0.1, 0.15) is 17.5 Å². The fourth-order valence-electron chi connectivity index (χ4n) is 6.60. The largest absolute Gasteiger partial charge is 0.284 e. The van der Waals surface area contributed by atoms with E-state index in [1.807, 2.05) is 12.1 Å². The van der Waals surface area contributed by atoms with Crippen molar-refractivity contribution in [3.63, 3.8) is 0 Å². The van der Waals surface area contributed by atoms with Crippen LogP contribution in [-0.4, -0.2) is 17.2 Å². The quantitative estimate of drug-likeness (QED) is 0.193. The van der Waals surface area contributed by atoms with E-state index in [4.69, 9.17) is 0 Å². The van der Waals surface area contributed by atoms with Crippen molar-refractivity contribution in [2.75, 3.05) is 6.54 Å². The van der Waals surface area contributed by atoms with Crippen LogP contribution in [0.4, 0.5) is 0 Å². The normalized spacial score (nSPS) is 12.8. The molecule has 0 saturated carbocycles. The first-order valence-corrected chi connectivity index (χ1v) is 15.3. The number of dihydropyridines is 1. The third kappa shape index (κ3) is 4.70. The van der Waals surface area contributed by atoms with Crippen LogP contribution >= 0.6 is 0 Å². The van der Waals surface area contributed by atoms with Gasteiger partial charge in [0, 0.05) is 30.3 Å². The molecule has 0 fully saturated rings. The highest BCUT2D eigenvalue weighted by Gasteiger charge is 2.18. The summed E-state index contributed by atoms with van der Waals surface area (Å²) in [4.78, 5) is 9.19. The van der Waals surface area contributed by atoms with Gasteiger partial charge in [0.25, 0.3) is 0 Å². The first kappa shape index (κ1) is 27.2. The topological polar surface area (TPSA) is 72.8 Å². The predicted molar refractivity (Wildman–Crippen MR) is 187 cm³/mol. The molecule has 7 aromatic rings. The van der Waals surface area contributed by atoms with E-state index in [2.05, 4.69) is 131 Å². The molecule has 0 N–H and O–H groups in total. The molecule has 214 valence electrons. The zero-order valence-electron chi connectivity index (χ0n) is 24.9. The lowest BCUT2D eigenvalue weighted by Crippen LogP contribution is -2.05. The van der Waals surface area contributed by atoms with Gasteiger partial charge in [-0.2, -0.15) is 10.5 Å². The molecule has 1 aromatic heterocycles. The standard InChI is InChI=1S/C42H26N4/c43-25-27-17-19-45-39(21-27)29-9-13-31(14-10-29)41-35-7-3-4-8-36(35)42(38-24-34-6-2-1-5-33(34)23-37(38)41)32-15-11-30(12-16-32)40-22-28(26-44)18-20-46-40/h1-17,19,21-24H,18,20H2. The molecule has 6 aromatic carbocycles. The lowest BCUT2D eigenvalue weighted by atomic mass is 9.84. The molecular weight excluding hydrogens is 560 g/mol. The average Bonchev–Trinajstić information content (AvgIpc) is 3.13. The van der Waals surface area contributed by atoms with Gasteiger partial charge in [0.2, 0.25) is 0 Å². The summed E-state index contributed by atoms with van der Waals surface area (Å²) in [6, 6.07) is 47.0. The van der Waals surface area contributed by atoms with Crippen LogP contribution in [0.3, 0.4) is 0 Å². The fraction of sp³-hybridized carbons (Fsp3) is 0.0476. The van der Waals surface area contributed by atoms with Crippen molar-refractivity contribution in [2.24, 2.45) is 4.99 Å². The fourth-order valence-corrected chi connectivity index (χ4v) is 6.60. The number of aliphatic imine (C=N–C) groups is 1. The van der Waals surface area contributed by atoms with Crippen molar-refractivity contribution in [1.29, 1.82) is 10.5 Å². The molecule has 2 heterocycles. The van der Waals surface area contributed by atoms with Crippen molar-refractivity contribution >= 4 is 38.0 Å². The van der Waals surface area contributed by atoms with Crippen LogP contribution in [0.5, 0.6) is 0 Å². The lowest BCUT2D eigenvalue weighted by molar-refractivity contribution is 0.962. The molecule has 0 radical (unpaired) electrons. The summed E-state index contributed by atoms with van der Waals surface area (Å²) in [5.41, 5.74) is 9.63. The number of hydrogen-bond donors (Lipinski definition) is 0. The second kappa shape index (κ2) is 11.3. The van der Waals surface area contributed by atoms with E-state index in [1.54, 1.807) is 12.3 Å². The van der Waals surface area contributed by atoms with Gasteiger partial charge >= 0.3 is 0 Å². The van der Waals surface area contributed by atoms with Crippen molar-refractivity contribution in [2.45, 2.75) is 6.42 Å². The smallest absolute Gasteiger partial charge is 0.0992 e. The Labute approximate surface area is 266 Å². The Balaban J connectivity index is 1.35. The Bertz CT molecular complexity index is 2470. The van der Waals surface area contributed by atoms with Gasteiger partial charge < -0.3 is 0 Å². The van der Waals surface area contributed by atoms with Gasteiger partial charge in [-0.05, 0) is 90.5 Å². The minimum Gasteiger partial charge on any atom is -0.284 e. The zero-order valence-corrected chi connectivity index (χ0v) is 24.9. The van der Waals surface area contributed by atoms with E-state index >= 15 is 0 Å². The lowest BCUT2D eigenvalue weighted by Gasteiger charge is -2.19. The SMILES string of the molecule is N#CC1=CC(c2ccc(-c3c4ccccc4c(-c4ccc(-c5cc(C#N)ccn5)cc4)c4cc5ccccc5cc34)cc2)=NCC1. The van der Waals surface area contributed by atoms with E-state index in [-0.39, 0.29) is 0 Å². The summed E-state index contributed by atoms with van der Waals surface area (Å²) in [6.45, 7) is 0.643. The van der Waals surface area contributed by atoms with Gasteiger partial charge in [-0.15, -0.1) is 0 Å². The summed E-state index contributed by atoms with van der Waals surface area (Å²) < 4.78 is 0. The average molecular weight is 587 g/mol. The molecule has 46 heavy (non-hydrogen) atoms. The number of nitriles is 2. The number of hydrogen-bond acceptors (Lipinski definition) is 4. The number of benzene rings is 6. The number of fused-ring (bicyclic) bond motifs is 3. The second-order valence-corrected chi connectivity index (χ2v) is 11.5. The Hall–Kier alpha value is -6.36. The van der Waals surface area contributed by atoms with Gasteiger partial charge in [-0.1, -0.05) is 97.1 Å². The van der Waals surface area contributed by atoms with Gasteiger partial charge in [0.15, 0.2) is 0 Å². The van der Waals surface area contributed by atoms with Crippen LogP contribution in [0.25, 0.3) is 65.8 Å². The Morgan fingerprint density at radius 2 is 1.11 bits per heavy atom. The van der Waals surface area contributed by atoms with E-state index in [9.17, 15) is 10.5 Å². The minimum absolute atomic E-state index is 0.594. The van der Waals surface area contributed by atoms with Crippen molar-refractivity contribution in [1.82, 2.24) is 4.98 Å². The van der Waals surface area contributed by atoms with Gasteiger partial charge in [0.1, 0.15) is 0 Å². The molecule has 8 rings (SSSR count). The van der Waals surface area contributed by atoms with Gasteiger partial charge in [0.05, 0.1) is 29.1 Å². The van der Waals surface area contributed by atoms with Gasteiger partial charge in [-0.25, -0.2) is 0 Å². The highest BCUT2D eigenvalue weighted by molar-refractivity contribution is 6.23. The third-order valence-corrected chi connectivity index (χ3v) is 8.84. The molecule has 0 saturated heterocycles. The molecule has 4 nitrogen and oxygen atoms in total.